The van der Waals surface area contributed by atoms with Crippen molar-refractivity contribution >= 4 is 6.09 Å². The Bertz CT molecular complexity index is 167. The van der Waals surface area contributed by atoms with Crippen LogP contribution in [-0.4, -0.2) is 67.3 Å². The number of carbonyl (C=O) groups is 1. The van der Waals surface area contributed by atoms with Crippen molar-refractivity contribution in [1.29, 1.82) is 0 Å². The maximum absolute atomic E-state index is 10.6. The second kappa shape index (κ2) is 5.04. The lowest BCUT2D eigenvalue weighted by molar-refractivity contribution is 0.106. The minimum Gasteiger partial charge on any atom is -0.465 e. The Labute approximate surface area is 78.3 Å². The smallest absolute Gasteiger partial charge is 0.407 e. The number of piperazine rings is 1. The Balaban J connectivity index is 2.18. The number of likely N-dealkylation sites (N-methyl/N-ethyl adjacent to an activating group) is 1. The first-order chi connectivity index (χ1) is 6.24. The first kappa shape index (κ1) is 10.3. The van der Waals surface area contributed by atoms with Crippen LogP contribution in [0.3, 0.4) is 0 Å². The minimum absolute atomic E-state index is 0.638. The molecule has 1 heterocycles. The fraction of sp³-hybridized carbons (Fsp3) is 0.875. The van der Waals surface area contributed by atoms with Crippen LogP contribution in [0.25, 0.3) is 0 Å². The molecule has 1 amide bonds. The molecule has 0 aromatic rings. The number of rotatable bonds is 3. The lowest BCUT2D eigenvalue weighted by atomic mass is 10.3. The third-order valence-electron chi connectivity index (χ3n) is 2.32. The topological polar surface area (TPSA) is 55.8 Å². The normalized spacial score (nSPS) is 19.0. The highest BCUT2D eigenvalue weighted by molar-refractivity contribution is 5.65. The highest BCUT2D eigenvalue weighted by Crippen LogP contribution is 2.00. The number of carboxylic acid groups (broad SMARTS) is 1. The van der Waals surface area contributed by atoms with Crippen LogP contribution in [-0.2, 0) is 0 Å². The quantitative estimate of drug-likeness (QED) is 0.625. The van der Waals surface area contributed by atoms with Gasteiger partial charge < -0.3 is 15.3 Å². The predicted octanol–water partition coefficient (Wildman–Crippen LogP) is -0.499. The van der Waals surface area contributed by atoms with Gasteiger partial charge in [0.05, 0.1) is 0 Å². The van der Waals surface area contributed by atoms with Gasteiger partial charge in [0.25, 0.3) is 0 Å². The third kappa shape index (κ3) is 3.20. The summed E-state index contributed by atoms with van der Waals surface area (Å²) in [4.78, 5) is 14.3. The van der Waals surface area contributed by atoms with E-state index in [0.717, 1.165) is 26.2 Å². The fourth-order valence-corrected chi connectivity index (χ4v) is 1.43. The minimum atomic E-state index is -0.798. The lowest BCUT2D eigenvalue weighted by Crippen LogP contribution is -2.49. The molecule has 0 atom stereocenters. The summed E-state index contributed by atoms with van der Waals surface area (Å²) in [5, 5.41) is 11.8. The fourth-order valence-electron chi connectivity index (χ4n) is 1.43. The van der Waals surface area contributed by atoms with Crippen LogP contribution in [0, 0.1) is 0 Å². The van der Waals surface area contributed by atoms with E-state index in [1.54, 1.807) is 0 Å². The molecule has 0 aromatic heterocycles. The molecule has 1 fully saturated rings. The first-order valence-corrected chi connectivity index (χ1v) is 4.59. The highest BCUT2D eigenvalue weighted by Gasteiger charge is 2.19. The van der Waals surface area contributed by atoms with E-state index in [9.17, 15) is 4.79 Å². The molecule has 76 valence electrons. The summed E-state index contributed by atoms with van der Waals surface area (Å²) in [5.74, 6) is 0. The van der Waals surface area contributed by atoms with Crippen molar-refractivity contribution in [2.75, 3.05) is 46.3 Å². The van der Waals surface area contributed by atoms with Gasteiger partial charge in [-0.1, -0.05) is 0 Å². The summed E-state index contributed by atoms with van der Waals surface area (Å²) in [6, 6.07) is 0. The molecule has 0 saturated carbocycles. The summed E-state index contributed by atoms with van der Waals surface area (Å²) in [6.07, 6.45) is -0.798. The monoisotopic (exact) mass is 187 g/mol. The molecule has 2 N–H and O–H groups in total. The molecule has 0 bridgehead atoms. The maximum atomic E-state index is 10.6. The molecule has 1 rings (SSSR count). The van der Waals surface area contributed by atoms with E-state index < -0.39 is 6.09 Å². The molecule has 1 aliphatic heterocycles. The molecule has 5 heteroatoms. The zero-order valence-electron chi connectivity index (χ0n) is 7.99. The predicted molar refractivity (Wildman–Crippen MR) is 50.0 cm³/mol. The van der Waals surface area contributed by atoms with Gasteiger partial charge in [-0.2, -0.15) is 0 Å². The van der Waals surface area contributed by atoms with Crippen molar-refractivity contribution in [2.24, 2.45) is 0 Å². The lowest BCUT2D eigenvalue weighted by Gasteiger charge is -2.32. The summed E-state index contributed by atoms with van der Waals surface area (Å²) in [5.41, 5.74) is 0. The van der Waals surface area contributed by atoms with E-state index in [1.165, 1.54) is 4.90 Å². The summed E-state index contributed by atoms with van der Waals surface area (Å²) in [7, 11) is 1.92. The third-order valence-corrected chi connectivity index (χ3v) is 2.32. The van der Waals surface area contributed by atoms with Crippen molar-refractivity contribution in [1.82, 2.24) is 15.1 Å². The molecule has 0 aliphatic carbocycles. The number of amides is 1. The Hall–Kier alpha value is -0.810. The summed E-state index contributed by atoms with van der Waals surface area (Å²) >= 11 is 0. The van der Waals surface area contributed by atoms with Crippen molar-refractivity contribution in [3.8, 4) is 0 Å². The average molecular weight is 187 g/mol. The van der Waals surface area contributed by atoms with Crippen LogP contribution < -0.4 is 5.32 Å². The van der Waals surface area contributed by atoms with Crippen LogP contribution in [0.5, 0.6) is 0 Å². The molecule has 0 aromatic carbocycles. The SMILES string of the molecule is CNCCN1CCN(C(=O)O)CC1. The Kier molecular flexibility index (Phi) is 3.98. The van der Waals surface area contributed by atoms with Crippen molar-refractivity contribution in [2.45, 2.75) is 0 Å². The molecule has 13 heavy (non-hydrogen) atoms. The molecule has 5 nitrogen and oxygen atoms in total. The molecular formula is C8H17N3O2. The van der Waals surface area contributed by atoms with Gasteiger partial charge in [0.15, 0.2) is 0 Å². The molecule has 1 saturated heterocycles. The van der Waals surface area contributed by atoms with Crippen molar-refractivity contribution in [3.63, 3.8) is 0 Å². The van der Waals surface area contributed by atoms with Crippen LogP contribution in [0.2, 0.25) is 0 Å². The van der Waals surface area contributed by atoms with Gasteiger partial charge in [0, 0.05) is 39.3 Å². The zero-order chi connectivity index (χ0) is 9.68. The second-order valence-corrected chi connectivity index (χ2v) is 3.21. The summed E-state index contributed by atoms with van der Waals surface area (Å²) < 4.78 is 0. The Morgan fingerprint density at radius 3 is 2.46 bits per heavy atom. The molecule has 0 unspecified atom stereocenters. The van der Waals surface area contributed by atoms with E-state index in [2.05, 4.69) is 10.2 Å². The number of nitrogens with zero attached hydrogens (tertiary/aromatic N) is 2. The van der Waals surface area contributed by atoms with Gasteiger partial charge in [-0.15, -0.1) is 0 Å². The van der Waals surface area contributed by atoms with Gasteiger partial charge in [0.1, 0.15) is 0 Å². The van der Waals surface area contributed by atoms with Crippen molar-refractivity contribution < 1.29 is 9.90 Å². The van der Waals surface area contributed by atoms with Gasteiger partial charge >= 0.3 is 6.09 Å². The van der Waals surface area contributed by atoms with Crippen molar-refractivity contribution in [3.05, 3.63) is 0 Å². The standard InChI is InChI=1S/C8H17N3O2/c1-9-2-3-10-4-6-11(7-5-10)8(12)13/h9H,2-7H2,1H3,(H,12,13). The zero-order valence-corrected chi connectivity index (χ0v) is 7.99. The summed E-state index contributed by atoms with van der Waals surface area (Å²) in [6.45, 7) is 4.96. The van der Waals surface area contributed by atoms with Crippen LogP contribution in [0.4, 0.5) is 4.79 Å². The van der Waals surface area contributed by atoms with Gasteiger partial charge in [-0.25, -0.2) is 4.79 Å². The molecule has 0 spiro atoms. The molecular weight excluding hydrogens is 170 g/mol. The van der Waals surface area contributed by atoms with Crippen LogP contribution in [0.15, 0.2) is 0 Å². The Morgan fingerprint density at radius 1 is 1.38 bits per heavy atom. The van der Waals surface area contributed by atoms with E-state index in [-0.39, 0.29) is 0 Å². The first-order valence-electron chi connectivity index (χ1n) is 4.59. The largest absolute Gasteiger partial charge is 0.465 e. The van der Waals surface area contributed by atoms with E-state index >= 15 is 0 Å². The van der Waals surface area contributed by atoms with Gasteiger partial charge in [-0.05, 0) is 7.05 Å². The maximum Gasteiger partial charge on any atom is 0.407 e. The number of hydrogen-bond acceptors (Lipinski definition) is 3. The number of nitrogens with one attached hydrogen (secondary N) is 1. The van der Waals surface area contributed by atoms with Crippen LogP contribution in [0.1, 0.15) is 0 Å². The Morgan fingerprint density at radius 2 is 2.00 bits per heavy atom. The molecule has 0 radical (unpaired) electrons. The van der Waals surface area contributed by atoms with Gasteiger partial charge in [0.2, 0.25) is 0 Å². The van der Waals surface area contributed by atoms with E-state index in [4.69, 9.17) is 5.11 Å². The molecule has 1 aliphatic rings. The highest BCUT2D eigenvalue weighted by atomic mass is 16.4. The second-order valence-electron chi connectivity index (χ2n) is 3.21. The van der Waals surface area contributed by atoms with Crippen LogP contribution >= 0.6 is 0 Å². The van der Waals surface area contributed by atoms with E-state index in [0.29, 0.717) is 13.1 Å². The van der Waals surface area contributed by atoms with Gasteiger partial charge in [-0.3, -0.25) is 4.90 Å². The average Bonchev–Trinajstić information content (AvgIpc) is 2.15. The van der Waals surface area contributed by atoms with E-state index in [1.807, 2.05) is 7.05 Å². The number of hydrogen-bond donors (Lipinski definition) is 2.